The van der Waals surface area contributed by atoms with Gasteiger partial charge < -0.3 is 26.0 Å². The van der Waals surface area contributed by atoms with Crippen molar-refractivity contribution in [3.63, 3.8) is 0 Å². The number of nitrogens with two attached hydrogens (primary N) is 1. The third-order valence-corrected chi connectivity index (χ3v) is 4.47. The van der Waals surface area contributed by atoms with Crippen molar-refractivity contribution >= 4 is 17.8 Å². The molecule has 1 aromatic heterocycles. The van der Waals surface area contributed by atoms with Crippen LogP contribution in [0.15, 0.2) is 47.4 Å². The Hall–Kier alpha value is -3.62. The predicted octanol–water partition coefficient (Wildman–Crippen LogP) is 0.580. The Morgan fingerprint density at radius 2 is 1.97 bits per heavy atom. The highest BCUT2D eigenvalue weighted by Gasteiger charge is 2.20. The van der Waals surface area contributed by atoms with Crippen molar-refractivity contribution in [1.82, 2.24) is 15.2 Å². The molecule has 9 nitrogen and oxygen atoms in total. The quantitative estimate of drug-likeness (QED) is 0.218. The molecule has 0 unspecified atom stereocenters. The van der Waals surface area contributed by atoms with Crippen LogP contribution in [0, 0.1) is 12.3 Å². The number of amides is 1. The maximum atomic E-state index is 12.8. The number of guanidine groups is 1. The Balaban J connectivity index is 2.05. The molecule has 160 valence electrons. The van der Waals surface area contributed by atoms with Gasteiger partial charge in [0.05, 0.1) is 0 Å². The van der Waals surface area contributed by atoms with Crippen molar-refractivity contribution in [3.05, 3.63) is 69.6 Å². The maximum absolute atomic E-state index is 12.8. The number of hydrogen-bond donors (Lipinski definition) is 5. The fourth-order valence-electron chi connectivity index (χ4n) is 3.10. The summed E-state index contributed by atoms with van der Waals surface area (Å²) in [6.07, 6.45) is 2.61. The number of nitrogens with one attached hydrogen (secondary N) is 3. The number of aromatic nitrogens is 1. The monoisotopic (exact) mass is 413 g/mol. The van der Waals surface area contributed by atoms with Gasteiger partial charge in [-0.2, -0.15) is 0 Å². The number of carboxylic acids is 1. The molecule has 0 saturated carbocycles. The highest BCUT2D eigenvalue weighted by Crippen LogP contribution is 2.08. The maximum Gasteiger partial charge on any atom is 0.326 e. The van der Waals surface area contributed by atoms with Gasteiger partial charge in [0.25, 0.3) is 5.56 Å². The molecular formula is C21H27N5O4. The van der Waals surface area contributed by atoms with Crippen LogP contribution in [0.4, 0.5) is 0 Å². The molecule has 6 N–H and O–H groups in total. The number of carbonyl (C=O) groups excluding carboxylic acids is 1. The van der Waals surface area contributed by atoms with E-state index in [0.717, 1.165) is 11.1 Å². The second-order valence-electron chi connectivity index (χ2n) is 7.08. The van der Waals surface area contributed by atoms with Crippen LogP contribution in [-0.2, 0) is 22.6 Å². The lowest BCUT2D eigenvalue weighted by atomic mass is 10.1. The largest absolute Gasteiger partial charge is 0.480 e. The van der Waals surface area contributed by atoms with E-state index in [0.29, 0.717) is 24.9 Å². The molecule has 0 aliphatic carbocycles. The van der Waals surface area contributed by atoms with Crippen molar-refractivity contribution in [2.45, 2.75) is 38.8 Å². The summed E-state index contributed by atoms with van der Waals surface area (Å²) in [5.74, 6) is -1.91. The summed E-state index contributed by atoms with van der Waals surface area (Å²) in [7, 11) is 0. The Bertz CT molecular complexity index is 956. The molecule has 0 radical (unpaired) electrons. The minimum atomic E-state index is -1.16. The van der Waals surface area contributed by atoms with Gasteiger partial charge in [-0.25, -0.2) is 4.79 Å². The lowest BCUT2D eigenvalue weighted by Gasteiger charge is -2.16. The first-order valence-electron chi connectivity index (χ1n) is 9.60. The van der Waals surface area contributed by atoms with Crippen LogP contribution in [0.25, 0.3) is 0 Å². The van der Waals surface area contributed by atoms with Crippen molar-refractivity contribution in [2.75, 3.05) is 6.54 Å². The van der Waals surface area contributed by atoms with Gasteiger partial charge in [-0.3, -0.25) is 15.0 Å². The normalized spacial score (nSPS) is 11.5. The van der Waals surface area contributed by atoms with Crippen molar-refractivity contribution in [1.29, 1.82) is 5.41 Å². The van der Waals surface area contributed by atoms with E-state index < -0.39 is 17.9 Å². The number of carboxylic acid groups (broad SMARTS) is 1. The summed E-state index contributed by atoms with van der Waals surface area (Å²) in [6, 6.07) is 10.3. The van der Waals surface area contributed by atoms with Crippen molar-refractivity contribution in [2.24, 2.45) is 5.73 Å². The first kappa shape index (κ1) is 22.7. The fraction of sp³-hybridized carbons (Fsp3) is 0.333. The van der Waals surface area contributed by atoms with E-state index in [1.165, 1.54) is 4.57 Å². The van der Waals surface area contributed by atoms with Crippen molar-refractivity contribution < 1.29 is 14.7 Å². The van der Waals surface area contributed by atoms with Gasteiger partial charge in [-0.05, 0) is 37.0 Å². The van der Waals surface area contributed by atoms with E-state index in [1.807, 2.05) is 37.3 Å². The summed E-state index contributed by atoms with van der Waals surface area (Å²) < 4.78 is 1.30. The molecule has 1 atom stereocenters. The van der Waals surface area contributed by atoms with E-state index >= 15 is 0 Å². The average molecular weight is 413 g/mol. The molecule has 0 bridgehead atoms. The molecule has 30 heavy (non-hydrogen) atoms. The number of benzene rings is 1. The number of rotatable bonds is 10. The molecule has 9 heteroatoms. The molecule has 2 aromatic rings. The van der Waals surface area contributed by atoms with Crippen LogP contribution >= 0.6 is 0 Å². The Labute approximate surface area is 174 Å². The van der Waals surface area contributed by atoms with E-state index in [2.05, 4.69) is 10.6 Å². The molecular weight excluding hydrogens is 386 g/mol. The minimum absolute atomic E-state index is 0.170. The Morgan fingerprint density at radius 3 is 2.60 bits per heavy atom. The topological polar surface area (TPSA) is 150 Å². The molecule has 1 heterocycles. The zero-order chi connectivity index (χ0) is 22.1. The van der Waals surface area contributed by atoms with Gasteiger partial charge in [0.15, 0.2) is 5.96 Å². The van der Waals surface area contributed by atoms with Gasteiger partial charge in [0.1, 0.15) is 12.6 Å². The molecule has 2 rings (SSSR count). The molecule has 0 fully saturated rings. The van der Waals surface area contributed by atoms with E-state index in [4.69, 9.17) is 11.1 Å². The smallest absolute Gasteiger partial charge is 0.326 e. The van der Waals surface area contributed by atoms with E-state index in [9.17, 15) is 19.5 Å². The molecule has 0 aliphatic rings. The van der Waals surface area contributed by atoms with Gasteiger partial charge in [0, 0.05) is 24.7 Å². The Morgan fingerprint density at radius 1 is 1.27 bits per heavy atom. The highest BCUT2D eigenvalue weighted by molar-refractivity contribution is 5.83. The van der Waals surface area contributed by atoms with Gasteiger partial charge in [0.2, 0.25) is 5.91 Å². The van der Waals surface area contributed by atoms with Crippen LogP contribution in [0.5, 0.6) is 0 Å². The number of hydrogen-bond acceptors (Lipinski definition) is 4. The van der Waals surface area contributed by atoms with Crippen LogP contribution in [0.3, 0.4) is 0 Å². The third kappa shape index (κ3) is 7.08. The first-order chi connectivity index (χ1) is 14.3. The van der Waals surface area contributed by atoms with Gasteiger partial charge >= 0.3 is 5.97 Å². The summed E-state index contributed by atoms with van der Waals surface area (Å²) in [5, 5.41) is 21.5. The molecule has 0 saturated heterocycles. The third-order valence-electron chi connectivity index (χ3n) is 4.47. The summed E-state index contributed by atoms with van der Waals surface area (Å²) >= 11 is 0. The number of aryl methyl sites for hydroxylation is 1. The summed E-state index contributed by atoms with van der Waals surface area (Å²) in [5.41, 5.74) is 7.28. The predicted molar refractivity (Wildman–Crippen MR) is 113 cm³/mol. The first-order valence-corrected chi connectivity index (χ1v) is 9.60. The summed E-state index contributed by atoms with van der Waals surface area (Å²) in [6.45, 7) is 1.90. The number of pyridine rings is 1. The zero-order valence-corrected chi connectivity index (χ0v) is 16.9. The molecule has 0 spiro atoms. The van der Waals surface area contributed by atoms with Crippen LogP contribution < -0.4 is 21.9 Å². The minimum Gasteiger partial charge on any atom is -0.480 e. The van der Waals surface area contributed by atoms with E-state index in [-0.39, 0.29) is 24.5 Å². The standard InChI is InChI=1S/C21H27N5O4/c1-14-10-16(11-15-6-3-2-4-7-15)19(28)26(12-14)13-18(27)25-17(20(29)30)8-5-9-24-21(22)23/h2-4,6-7,10,12,17H,5,8-9,11,13H2,1H3,(H,25,27)(H,29,30)(H4,22,23,24)/t17-/m0/s1. The van der Waals surface area contributed by atoms with Crippen molar-refractivity contribution in [3.8, 4) is 0 Å². The lowest BCUT2D eigenvalue weighted by molar-refractivity contribution is -0.142. The van der Waals surface area contributed by atoms with Gasteiger partial charge in [-0.15, -0.1) is 0 Å². The van der Waals surface area contributed by atoms with Crippen LogP contribution in [0.2, 0.25) is 0 Å². The number of aliphatic carboxylic acids is 1. The number of nitrogens with zero attached hydrogens (tertiary/aromatic N) is 1. The molecule has 0 aliphatic heterocycles. The van der Waals surface area contributed by atoms with Crippen LogP contribution in [-0.4, -0.2) is 40.1 Å². The SMILES string of the molecule is Cc1cc(Cc2ccccc2)c(=O)n(CC(=O)N[C@@H](CCCNC(=N)N)C(=O)O)c1. The lowest BCUT2D eigenvalue weighted by Crippen LogP contribution is -2.44. The summed E-state index contributed by atoms with van der Waals surface area (Å²) in [4.78, 5) is 36.6. The average Bonchev–Trinajstić information content (AvgIpc) is 2.68. The van der Waals surface area contributed by atoms with Gasteiger partial charge in [-0.1, -0.05) is 30.3 Å². The Kier molecular flexibility index (Phi) is 8.16. The molecule has 1 amide bonds. The fourth-order valence-corrected chi connectivity index (χ4v) is 3.10. The second kappa shape index (κ2) is 10.8. The zero-order valence-electron chi connectivity index (χ0n) is 16.9. The van der Waals surface area contributed by atoms with E-state index in [1.54, 1.807) is 12.3 Å². The number of carbonyl (C=O) groups is 2. The highest BCUT2D eigenvalue weighted by atomic mass is 16.4. The molecule has 1 aromatic carbocycles. The second-order valence-corrected chi connectivity index (χ2v) is 7.08. The van der Waals surface area contributed by atoms with Crippen LogP contribution in [0.1, 0.15) is 29.5 Å².